The Kier molecular flexibility index (Phi) is 8.70. The van der Waals surface area contributed by atoms with Crippen LogP contribution in [0.2, 0.25) is 0 Å². The Morgan fingerprint density at radius 1 is 1.47 bits per heavy atom. The van der Waals surface area contributed by atoms with E-state index in [4.69, 9.17) is 0 Å². The number of quaternary nitrogens is 1. The Labute approximate surface area is 107 Å². The molecule has 15 heavy (non-hydrogen) atoms. The van der Waals surface area contributed by atoms with Crippen molar-refractivity contribution in [1.82, 2.24) is 0 Å². The number of carbonyl (C=O) groups is 1. The highest BCUT2D eigenvalue weighted by Gasteiger charge is 2.16. The molecule has 0 spiro atoms. The van der Waals surface area contributed by atoms with Crippen LogP contribution < -0.4 is 17.0 Å². The smallest absolute Gasteiger partial charge is 0.214 e. The monoisotopic (exact) mass is 297 g/mol. The molecule has 0 aromatic heterocycles. The van der Waals surface area contributed by atoms with Gasteiger partial charge in [-0.25, -0.2) is 0 Å². The van der Waals surface area contributed by atoms with Crippen molar-refractivity contribution in [3.8, 4) is 0 Å². The Balaban J connectivity index is 0. The number of aliphatic hydroxyl groups is 1. The lowest BCUT2D eigenvalue weighted by molar-refractivity contribution is -0.873. The van der Waals surface area contributed by atoms with Gasteiger partial charge < -0.3 is 26.6 Å². The van der Waals surface area contributed by atoms with Gasteiger partial charge in [-0.05, 0) is 12.5 Å². The third-order valence-corrected chi connectivity index (χ3v) is 2.68. The van der Waals surface area contributed by atoms with E-state index in [9.17, 15) is 9.90 Å². The average Bonchev–Trinajstić information content (AvgIpc) is 1.96. The summed E-state index contributed by atoms with van der Waals surface area (Å²) in [6.45, 7) is 5.88. The standard InChI is InChI=1S/C10H20NO2S.BrH/c1-8(2)10(13)14-7-9(12)6-11(3,4)5;/h9,12H,1,6-7H2,2-5H3;1H/q+1;/p-1. The highest BCUT2D eigenvalue weighted by molar-refractivity contribution is 8.14. The maximum absolute atomic E-state index is 11.2. The molecule has 0 heterocycles. The van der Waals surface area contributed by atoms with Gasteiger partial charge in [0.25, 0.3) is 0 Å². The number of hydrogen-bond donors (Lipinski definition) is 1. The van der Waals surface area contributed by atoms with E-state index in [0.29, 0.717) is 22.4 Å². The van der Waals surface area contributed by atoms with E-state index in [2.05, 4.69) is 6.58 Å². The first-order valence-electron chi connectivity index (χ1n) is 4.53. The molecule has 0 radical (unpaired) electrons. The van der Waals surface area contributed by atoms with Gasteiger partial charge in [-0.1, -0.05) is 18.3 Å². The molecular weight excluding hydrogens is 278 g/mol. The Hall–Kier alpha value is 0.160. The third-order valence-electron chi connectivity index (χ3n) is 1.51. The Morgan fingerprint density at radius 2 is 1.93 bits per heavy atom. The molecule has 1 atom stereocenters. The molecular formula is C10H20BrNO2S. The summed E-state index contributed by atoms with van der Waals surface area (Å²) in [5.74, 6) is 0.446. The van der Waals surface area contributed by atoms with Crippen molar-refractivity contribution in [2.24, 2.45) is 0 Å². The first-order valence-corrected chi connectivity index (χ1v) is 5.52. The lowest BCUT2D eigenvalue weighted by Gasteiger charge is -2.26. The van der Waals surface area contributed by atoms with Crippen LogP contribution in [0, 0.1) is 0 Å². The fourth-order valence-electron chi connectivity index (χ4n) is 0.980. The largest absolute Gasteiger partial charge is 1.00 e. The topological polar surface area (TPSA) is 37.3 Å². The number of aliphatic hydroxyl groups excluding tert-OH is 1. The van der Waals surface area contributed by atoms with Crippen molar-refractivity contribution in [3.63, 3.8) is 0 Å². The van der Waals surface area contributed by atoms with Crippen molar-refractivity contribution >= 4 is 16.9 Å². The lowest BCUT2D eigenvalue weighted by Crippen LogP contribution is -3.00. The summed E-state index contributed by atoms with van der Waals surface area (Å²) < 4.78 is 0.697. The molecule has 1 unspecified atom stereocenters. The second-order valence-electron chi connectivity index (χ2n) is 4.51. The molecule has 0 saturated heterocycles. The fourth-order valence-corrected chi connectivity index (χ4v) is 1.68. The number of thioether (sulfide) groups is 1. The van der Waals surface area contributed by atoms with Gasteiger partial charge in [0.1, 0.15) is 12.6 Å². The molecule has 0 aromatic rings. The highest BCUT2D eigenvalue weighted by atomic mass is 79.9. The van der Waals surface area contributed by atoms with Gasteiger partial charge in [0.05, 0.1) is 21.1 Å². The van der Waals surface area contributed by atoms with Crippen LogP contribution in [-0.4, -0.2) is 54.2 Å². The van der Waals surface area contributed by atoms with E-state index in [1.807, 2.05) is 21.1 Å². The summed E-state index contributed by atoms with van der Waals surface area (Å²) in [4.78, 5) is 11.2. The zero-order valence-electron chi connectivity index (χ0n) is 9.79. The van der Waals surface area contributed by atoms with E-state index in [0.717, 1.165) is 11.8 Å². The van der Waals surface area contributed by atoms with Crippen LogP contribution in [0.15, 0.2) is 12.2 Å². The van der Waals surface area contributed by atoms with E-state index >= 15 is 0 Å². The molecule has 0 aliphatic carbocycles. The number of carbonyl (C=O) groups excluding carboxylic acids is 1. The van der Waals surface area contributed by atoms with E-state index in [1.165, 1.54) is 0 Å². The molecule has 90 valence electrons. The molecule has 0 aromatic carbocycles. The predicted molar refractivity (Wildman–Crippen MR) is 61.2 cm³/mol. The molecule has 0 aliphatic heterocycles. The van der Waals surface area contributed by atoms with E-state index in [-0.39, 0.29) is 22.1 Å². The molecule has 5 heteroatoms. The summed E-state index contributed by atoms with van der Waals surface area (Å²) in [6.07, 6.45) is -0.441. The van der Waals surface area contributed by atoms with Crippen LogP contribution in [0.5, 0.6) is 0 Å². The minimum absolute atomic E-state index is 0. The van der Waals surface area contributed by atoms with Crippen LogP contribution in [0.3, 0.4) is 0 Å². The molecule has 0 fully saturated rings. The second kappa shape index (κ2) is 7.44. The van der Waals surface area contributed by atoms with Crippen molar-refractivity contribution in [2.75, 3.05) is 33.4 Å². The SMILES string of the molecule is C=C(C)C(=O)SCC(O)C[N+](C)(C)C.[Br-]. The fraction of sp³-hybridized carbons (Fsp3) is 0.700. The Bertz CT molecular complexity index is 226. The summed E-state index contributed by atoms with van der Waals surface area (Å²) >= 11 is 1.13. The van der Waals surface area contributed by atoms with Crippen LogP contribution in [0.25, 0.3) is 0 Å². The first-order chi connectivity index (χ1) is 6.22. The summed E-state index contributed by atoms with van der Waals surface area (Å²) in [7, 11) is 6.03. The second-order valence-corrected chi connectivity index (χ2v) is 5.50. The van der Waals surface area contributed by atoms with Crippen LogP contribution in [-0.2, 0) is 4.79 Å². The highest BCUT2D eigenvalue weighted by Crippen LogP contribution is 2.11. The number of hydrogen-bond acceptors (Lipinski definition) is 3. The van der Waals surface area contributed by atoms with Gasteiger partial charge in [-0.2, -0.15) is 0 Å². The zero-order valence-corrected chi connectivity index (χ0v) is 12.2. The van der Waals surface area contributed by atoms with Crippen LogP contribution in [0.4, 0.5) is 0 Å². The molecule has 3 nitrogen and oxygen atoms in total. The maximum atomic E-state index is 11.2. The van der Waals surface area contributed by atoms with Crippen molar-refractivity contribution in [3.05, 3.63) is 12.2 Å². The van der Waals surface area contributed by atoms with Crippen molar-refractivity contribution in [1.29, 1.82) is 0 Å². The van der Waals surface area contributed by atoms with Crippen molar-refractivity contribution < 1.29 is 31.4 Å². The predicted octanol–water partition coefficient (Wildman–Crippen LogP) is -2.11. The number of rotatable bonds is 5. The molecule has 0 saturated carbocycles. The molecule has 0 rings (SSSR count). The molecule has 0 bridgehead atoms. The molecule has 0 aliphatic rings. The van der Waals surface area contributed by atoms with Gasteiger partial charge in [-0.15, -0.1) is 0 Å². The number of nitrogens with zero attached hydrogens (tertiary/aromatic N) is 1. The average molecular weight is 298 g/mol. The minimum atomic E-state index is -0.441. The van der Waals surface area contributed by atoms with E-state index < -0.39 is 6.10 Å². The van der Waals surface area contributed by atoms with Gasteiger partial charge in [-0.3, -0.25) is 4.79 Å². The molecule has 1 N–H and O–H groups in total. The van der Waals surface area contributed by atoms with Crippen LogP contribution in [0.1, 0.15) is 6.92 Å². The van der Waals surface area contributed by atoms with Gasteiger partial charge in [0.15, 0.2) is 0 Å². The maximum Gasteiger partial charge on any atom is 0.214 e. The van der Waals surface area contributed by atoms with Gasteiger partial charge in [0, 0.05) is 5.75 Å². The first kappa shape index (κ1) is 17.6. The number of likely N-dealkylation sites (N-methyl/N-ethyl adjacent to an activating group) is 1. The number of halogens is 1. The lowest BCUT2D eigenvalue weighted by atomic mass is 10.3. The zero-order chi connectivity index (χ0) is 11.4. The summed E-state index contributed by atoms with van der Waals surface area (Å²) in [6, 6.07) is 0. The van der Waals surface area contributed by atoms with E-state index in [1.54, 1.807) is 6.92 Å². The van der Waals surface area contributed by atoms with Gasteiger partial charge in [0.2, 0.25) is 5.12 Å². The van der Waals surface area contributed by atoms with Gasteiger partial charge >= 0.3 is 0 Å². The summed E-state index contributed by atoms with van der Waals surface area (Å²) in [5, 5.41) is 9.56. The molecule has 0 amide bonds. The van der Waals surface area contributed by atoms with Crippen molar-refractivity contribution in [2.45, 2.75) is 13.0 Å². The Morgan fingerprint density at radius 3 is 2.27 bits per heavy atom. The summed E-state index contributed by atoms with van der Waals surface area (Å²) in [5.41, 5.74) is 0.535. The minimum Gasteiger partial charge on any atom is -1.00 e. The van der Waals surface area contributed by atoms with Crippen LogP contribution >= 0.6 is 11.8 Å². The normalized spacial score (nSPS) is 12.9. The quantitative estimate of drug-likeness (QED) is 0.466. The third kappa shape index (κ3) is 10.4.